The zero-order valence-corrected chi connectivity index (χ0v) is 14.4. The molecular formula is C20H24N2O3. The lowest BCUT2D eigenvalue weighted by atomic mass is 10.1. The molecule has 0 bridgehead atoms. The molecule has 2 N–H and O–H groups in total. The molecule has 1 aliphatic heterocycles. The first-order valence-electron chi connectivity index (χ1n) is 8.62. The molecule has 0 saturated carbocycles. The zero-order valence-electron chi connectivity index (χ0n) is 14.4. The zero-order chi connectivity index (χ0) is 17.5. The Morgan fingerprint density at radius 3 is 2.68 bits per heavy atom. The van der Waals surface area contributed by atoms with Gasteiger partial charge < -0.3 is 19.9 Å². The summed E-state index contributed by atoms with van der Waals surface area (Å²) in [5, 5.41) is 0. The van der Waals surface area contributed by atoms with Crippen molar-refractivity contribution >= 4 is 6.02 Å². The molecule has 0 aromatic heterocycles. The van der Waals surface area contributed by atoms with Gasteiger partial charge in [0.05, 0.1) is 6.04 Å². The number of hydrogen-bond acceptors (Lipinski definition) is 5. The highest BCUT2D eigenvalue weighted by Gasteiger charge is 2.22. The SMILES string of the molecule is CC[C@H](C[C@H]1COC(N)=N1)Oc1cccc(OCc2ccccc2)c1. The maximum Gasteiger partial charge on any atom is 0.282 e. The predicted octanol–water partition coefficient (Wildman–Crippen LogP) is 3.53. The van der Waals surface area contributed by atoms with Gasteiger partial charge in [0.15, 0.2) is 0 Å². The molecule has 25 heavy (non-hydrogen) atoms. The van der Waals surface area contributed by atoms with E-state index in [2.05, 4.69) is 11.9 Å². The first-order valence-corrected chi connectivity index (χ1v) is 8.62. The molecule has 0 saturated heterocycles. The summed E-state index contributed by atoms with van der Waals surface area (Å²) in [6.45, 7) is 3.17. The van der Waals surface area contributed by atoms with E-state index in [9.17, 15) is 0 Å². The van der Waals surface area contributed by atoms with Crippen LogP contribution < -0.4 is 15.2 Å². The Kier molecular flexibility index (Phi) is 5.77. The largest absolute Gasteiger partial charge is 0.490 e. The molecule has 5 nitrogen and oxygen atoms in total. The van der Waals surface area contributed by atoms with Gasteiger partial charge in [0.25, 0.3) is 6.02 Å². The third-order valence-electron chi connectivity index (χ3n) is 4.08. The van der Waals surface area contributed by atoms with Crippen molar-refractivity contribution in [3.63, 3.8) is 0 Å². The average molecular weight is 340 g/mol. The van der Waals surface area contributed by atoms with Crippen LogP contribution in [0, 0.1) is 0 Å². The Balaban J connectivity index is 1.56. The number of amidine groups is 1. The fraction of sp³-hybridized carbons (Fsp3) is 0.350. The van der Waals surface area contributed by atoms with Crippen LogP contribution in [0.1, 0.15) is 25.3 Å². The van der Waals surface area contributed by atoms with Crippen LogP contribution in [0.3, 0.4) is 0 Å². The molecule has 0 fully saturated rings. The maximum atomic E-state index is 6.11. The van der Waals surface area contributed by atoms with E-state index < -0.39 is 0 Å². The molecule has 0 aliphatic carbocycles. The van der Waals surface area contributed by atoms with Gasteiger partial charge in [0, 0.05) is 12.5 Å². The smallest absolute Gasteiger partial charge is 0.282 e. The van der Waals surface area contributed by atoms with Crippen LogP contribution in [0.2, 0.25) is 0 Å². The van der Waals surface area contributed by atoms with Crippen LogP contribution in [-0.2, 0) is 11.3 Å². The van der Waals surface area contributed by atoms with E-state index in [0.717, 1.165) is 29.9 Å². The molecule has 1 heterocycles. The summed E-state index contributed by atoms with van der Waals surface area (Å²) in [5.74, 6) is 1.59. The van der Waals surface area contributed by atoms with Gasteiger partial charge >= 0.3 is 0 Å². The van der Waals surface area contributed by atoms with E-state index in [4.69, 9.17) is 19.9 Å². The number of rotatable bonds is 8. The van der Waals surface area contributed by atoms with Gasteiger partial charge in [0.2, 0.25) is 0 Å². The second-order valence-corrected chi connectivity index (χ2v) is 6.07. The first-order chi connectivity index (χ1) is 12.2. The summed E-state index contributed by atoms with van der Waals surface area (Å²) in [6.07, 6.45) is 1.74. The minimum Gasteiger partial charge on any atom is -0.490 e. The number of aliphatic imine (C=N–C) groups is 1. The molecule has 5 heteroatoms. The lowest BCUT2D eigenvalue weighted by Crippen LogP contribution is -2.22. The summed E-state index contributed by atoms with van der Waals surface area (Å²) >= 11 is 0. The molecule has 2 aromatic carbocycles. The highest BCUT2D eigenvalue weighted by Crippen LogP contribution is 2.24. The van der Waals surface area contributed by atoms with Crippen LogP contribution in [0.25, 0.3) is 0 Å². The van der Waals surface area contributed by atoms with Gasteiger partial charge in [0.1, 0.15) is 30.8 Å². The van der Waals surface area contributed by atoms with Crippen molar-refractivity contribution in [2.24, 2.45) is 10.7 Å². The maximum absolute atomic E-state index is 6.11. The molecule has 0 spiro atoms. The molecule has 0 unspecified atom stereocenters. The number of ether oxygens (including phenoxy) is 3. The van der Waals surface area contributed by atoms with E-state index in [1.54, 1.807) is 0 Å². The Hall–Kier alpha value is -2.69. The van der Waals surface area contributed by atoms with Crippen molar-refractivity contribution in [1.29, 1.82) is 0 Å². The highest BCUT2D eigenvalue weighted by atomic mass is 16.5. The van der Waals surface area contributed by atoms with Crippen molar-refractivity contribution in [2.75, 3.05) is 6.61 Å². The van der Waals surface area contributed by atoms with Crippen molar-refractivity contribution in [3.8, 4) is 11.5 Å². The van der Waals surface area contributed by atoms with Gasteiger partial charge in [-0.25, -0.2) is 4.99 Å². The Bertz CT molecular complexity index is 703. The summed E-state index contributed by atoms with van der Waals surface area (Å²) < 4.78 is 17.2. The molecule has 0 amide bonds. The lowest BCUT2D eigenvalue weighted by Gasteiger charge is -2.19. The average Bonchev–Trinajstić information content (AvgIpc) is 3.05. The van der Waals surface area contributed by atoms with Crippen molar-refractivity contribution in [3.05, 3.63) is 60.2 Å². The number of hydrogen-bond donors (Lipinski definition) is 1. The van der Waals surface area contributed by atoms with Crippen LogP contribution in [0.15, 0.2) is 59.6 Å². The molecule has 132 valence electrons. The predicted molar refractivity (Wildman–Crippen MR) is 97.9 cm³/mol. The van der Waals surface area contributed by atoms with E-state index in [1.165, 1.54) is 0 Å². The Labute approximate surface area is 148 Å². The second-order valence-electron chi connectivity index (χ2n) is 6.07. The van der Waals surface area contributed by atoms with E-state index in [-0.39, 0.29) is 18.2 Å². The third kappa shape index (κ3) is 5.14. The molecule has 2 aromatic rings. The van der Waals surface area contributed by atoms with Gasteiger partial charge in [-0.05, 0) is 24.1 Å². The minimum absolute atomic E-state index is 0.0626. The molecular weight excluding hydrogens is 316 g/mol. The molecule has 1 aliphatic rings. The van der Waals surface area contributed by atoms with E-state index >= 15 is 0 Å². The second kappa shape index (κ2) is 8.42. The third-order valence-corrected chi connectivity index (χ3v) is 4.08. The van der Waals surface area contributed by atoms with E-state index in [0.29, 0.717) is 13.2 Å². The monoisotopic (exact) mass is 340 g/mol. The topological polar surface area (TPSA) is 66.1 Å². The standard InChI is InChI=1S/C20H24N2O3/c1-2-17(11-16-14-24-20(21)22-16)25-19-10-6-9-18(12-19)23-13-15-7-4-3-5-8-15/h3-10,12,16-17H,2,11,13-14H2,1H3,(H2,21,22)/t16-,17+/m0/s1. The quantitative estimate of drug-likeness (QED) is 0.798. The summed E-state index contributed by atoms with van der Waals surface area (Å²) in [5.41, 5.74) is 6.70. The highest BCUT2D eigenvalue weighted by molar-refractivity contribution is 5.73. The lowest BCUT2D eigenvalue weighted by molar-refractivity contribution is 0.167. The normalized spacial score (nSPS) is 17.5. The Morgan fingerprint density at radius 2 is 1.96 bits per heavy atom. The number of nitrogens with two attached hydrogens (primary N) is 1. The van der Waals surface area contributed by atoms with Gasteiger partial charge in [-0.2, -0.15) is 0 Å². The van der Waals surface area contributed by atoms with Crippen molar-refractivity contribution in [2.45, 2.75) is 38.5 Å². The van der Waals surface area contributed by atoms with Gasteiger partial charge in [-0.15, -0.1) is 0 Å². The first kappa shape index (κ1) is 17.1. The number of benzene rings is 2. The molecule has 3 rings (SSSR count). The molecule has 0 radical (unpaired) electrons. The van der Waals surface area contributed by atoms with E-state index in [1.807, 2.05) is 54.6 Å². The van der Waals surface area contributed by atoms with Crippen molar-refractivity contribution < 1.29 is 14.2 Å². The van der Waals surface area contributed by atoms with Crippen molar-refractivity contribution in [1.82, 2.24) is 0 Å². The van der Waals surface area contributed by atoms with Crippen LogP contribution >= 0.6 is 0 Å². The fourth-order valence-corrected chi connectivity index (χ4v) is 2.73. The van der Waals surface area contributed by atoms with Gasteiger partial charge in [-0.3, -0.25) is 0 Å². The Morgan fingerprint density at radius 1 is 1.16 bits per heavy atom. The summed E-state index contributed by atoms with van der Waals surface area (Å²) in [7, 11) is 0. The van der Waals surface area contributed by atoms with Crippen LogP contribution in [-0.4, -0.2) is 24.8 Å². The van der Waals surface area contributed by atoms with Gasteiger partial charge in [-0.1, -0.05) is 43.3 Å². The number of nitrogens with zero attached hydrogens (tertiary/aromatic N) is 1. The minimum atomic E-state index is 0.0626. The fourth-order valence-electron chi connectivity index (χ4n) is 2.73. The summed E-state index contributed by atoms with van der Waals surface area (Å²) in [6, 6.07) is 18.2. The van der Waals surface area contributed by atoms with Crippen LogP contribution in [0.4, 0.5) is 0 Å². The van der Waals surface area contributed by atoms with Crippen LogP contribution in [0.5, 0.6) is 11.5 Å². The summed E-state index contributed by atoms with van der Waals surface area (Å²) in [4.78, 5) is 4.27. The molecule has 2 atom stereocenters.